The Morgan fingerprint density at radius 3 is 1.33 bits per heavy atom. The first kappa shape index (κ1) is 35.2. The van der Waals surface area contributed by atoms with Crippen LogP contribution in [0.5, 0.6) is 0 Å². The molecule has 4 aromatic heterocycles. The van der Waals surface area contributed by atoms with Crippen LogP contribution >= 0.6 is 0 Å². The van der Waals surface area contributed by atoms with Crippen molar-refractivity contribution >= 4 is 65.6 Å². The van der Waals surface area contributed by atoms with Crippen molar-refractivity contribution in [3.05, 3.63) is 218 Å². The van der Waals surface area contributed by atoms with Gasteiger partial charge in [0.05, 0.1) is 39.0 Å². The highest BCUT2D eigenvalue weighted by Gasteiger charge is 2.21. The predicted molar refractivity (Wildman–Crippen MR) is 260 cm³/mol. The number of benzene rings is 9. The van der Waals surface area contributed by atoms with Gasteiger partial charge in [0.2, 0.25) is 0 Å². The summed E-state index contributed by atoms with van der Waals surface area (Å²) in [7, 11) is 0. The minimum absolute atomic E-state index is 0.597. The lowest BCUT2D eigenvalue weighted by Gasteiger charge is -2.16. The molecule has 0 fully saturated rings. The van der Waals surface area contributed by atoms with Crippen molar-refractivity contribution in [1.29, 1.82) is 0 Å². The third kappa shape index (κ3) is 5.64. The van der Waals surface area contributed by atoms with Crippen molar-refractivity contribution in [2.75, 3.05) is 0 Å². The average Bonchev–Trinajstić information content (AvgIpc) is 4.02. The van der Waals surface area contributed by atoms with Crippen LogP contribution in [0, 0.1) is 0 Å². The van der Waals surface area contributed by atoms with Crippen LogP contribution in [-0.4, -0.2) is 19.1 Å². The van der Waals surface area contributed by atoms with E-state index in [1.807, 2.05) is 18.2 Å². The van der Waals surface area contributed by atoms with Gasteiger partial charge in [0.25, 0.3) is 0 Å². The first-order chi connectivity index (χ1) is 31.2. The van der Waals surface area contributed by atoms with E-state index >= 15 is 0 Å². The molecule has 0 amide bonds. The van der Waals surface area contributed by atoms with Crippen molar-refractivity contribution in [2.24, 2.45) is 0 Å². The van der Waals surface area contributed by atoms with Gasteiger partial charge in [-0.3, -0.25) is 0 Å². The van der Waals surface area contributed by atoms with Crippen molar-refractivity contribution in [2.45, 2.75) is 0 Å². The first-order valence-electron chi connectivity index (χ1n) is 21.3. The molecule has 0 aliphatic heterocycles. The molecule has 0 atom stereocenters. The second-order valence-corrected chi connectivity index (χ2v) is 16.2. The van der Waals surface area contributed by atoms with Gasteiger partial charge in [-0.15, -0.1) is 0 Å². The molecule has 5 nitrogen and oxygen atoms in total. The Labute approximate surface area is 362 Å². The lowest BCUT2D eigenvalue weighted by atomic mass is 10.0. The van der Waals surface area contributed by atoms with Gasteiger partial charge in [-0.1, -0.05) is 158 Å². The number of fused-ring (bicyclic) bond motifs is 9. The van der Waals surface area contributed by atoms with Gasteiger partial charge in [0.15, 0.2) is 5.82 Å². The summed E-state index contributed by atoms with van der Waals surface area (Å²) in [5.41, 5.74) is 15.0. The van der Waals surface area contributed by atoms with E-state index in [0.29, 0.717) is 5.82 Å². The molecule has 0 aliphatic rings. The molecule has 0 N–H and O–H groups in total. The van der Waals surface area contributed by atoms with Gasteiger partial charge in [0.1, 0.15) is 11.2 Å². The molecule has 5 heteroatoms. The van der Waals surface area contributed by atoms with Gasteiger partial charge < -0.3 is 13.6 Å². The summed E-state index contributed by atoms with van der Waals surface area (Å²) in [6.45, 7) is 0. The minimum Gasteiger partial charge on any atom is -0.455 e. The molecule has 4 heterocycles. The standard InChI is InChI=1S/C58H36N4O/c1-2-15-37(16-3-1)38-29-31-39(32-30-38)50-36-51(60-58(59-50)49-23-14-22-48-47-21-8-13-28-56(47)63-57(48)49)40-33-41(61-52-24-9-4-17-43(52)44-18-5-10-25-53(44)61)35-42(34-40)62-54-26-11-6-19-45(54)46-20-7-12-27-55(46)62/h1-36H. The quantitative estimate of drug-likeness (QED) is 0.168. The first-order valence-corrected chi connectivity index (χ1v) is 21.3. The Morgan fingerprint density at radius 1 is 0.317 bits per heavy atom. The average molecular weight is 805 g/mol. The van der Waals surface area contributed by atoms with Gasteiger partial charge in [0, 0.05) is 54.8 Å². The van der Waals surface area contributed by atoms with Crippen LogP contribution < -0.4 is 0 Å². The Kier molecular flexibility index (Phi) is 7.84. The summed E-state index contributed by atoms with van der Waals surface area (Å²) in [5.74, 6) is 0.597. The van der Waals surface area contributed by atoms with Crippen LogP contribution in [0.4, 0.5) is 0 Å². The van der Waals surface area contributed by atoms with Crippen molar-refractivity contribution < 1.29 is 4.42 Å². The Morgan fingerprint density at radius 2 is 0.762 bits per heavy atom. The van der Waals surface area contributed by atoms with Crippen LogP contribution in [0.3, 0.4) is 0 Å². The fourth-order valence-corrected chi connectivity index (χ4v) is 9.65. The molecule has 294 valence electrons. The highest BCUT2D eigenvalue weighted by atomic mass is 16.3. The highest BCUT2D eigenvalue weighted by molar-refractivity contribution is 6.11. The molecular weight excluding hydrogens is 769 g/mol. The van der Waals surface area contributed by atoms with Gasteiger partial charge >= 0.3 is 0 Å². The minimum atomic E-state index is 0.597. The summed E-state index contributed by atoms with van der Waals surface area (Å²) in [4.78, 5) is 10.8. The SMILES string of the molecule is c1ccc(-c2ccc(-c3cc(-c4cc(-n5c6ccccc6c6ccccc65)cc(-n5c6ccccc6c6ccccc65)c4)nc(-c4cccc5c4oc4ccccc45)n3)cc2)cc1. The second kappa shape index (κ2) is 14.0. The molecule has 0 saturated carbocycles. The van der Waals surface area contributed by atoms with Crippen molar-refractivity contribution in [3.8, 4) is 56.4 Å². The molecule has 0 spiro atoms. The molecule has 0 bridgehead atoms. The molecule has 13 aromatic rings. The van der Waals surface area contributed by atoms with E-state index in [2.05, 4.69) is 209 Å². The summed E-state index contributed by atoms with van der Waals surface area (Å²) in [6.07, 6.45) is 0. The van der Waals surface area contributed by atoms with E-state index < -0.39 is 0 Å². The smallest absolute Gasteiger partial charge is 0.164 e. The molecule has 0 saturated heterocycles. The highest BCUT2D eigenvalue weighted by Crippen LogP contribution is 2.40. The monoisotopic (exact) mass is 804 g/mol. The normalized spacial score (nSPS) is 11.8. The number of nitrogens with zero attached hydrogens (tertiary/aromatic N) is 4. The summed E-state index contributed by atoms with van der Waals surface area (Å²) >= 11 is 0. The fourth-order valence-electron chi connectivity index (χ4n) is 9.65. The Bertz CT molecular complexity index is 3670. The lowest BCUT2D eigenvalue weighted by Crippen LogP contribution is -2.01. The van der Waals surface area contributed by atoms with Crippen LogP contribution in [-0.2, 0) is 0 Å². The number of para-hydroxylation sites is 6. The van der Waals surface area contributed by atoms with Crippen molar-refractivity contribution in [3.63, 3.8) is 0 Å². The van der Waals surface area contributed by atoms with E-state index in [-0.39, 0.29) is 0 Å². The second-order valence-electron chi connectivity index (χ2n) is 16.2. The van der Waals surface area contributed by atoms with Crippen LogP contribution in [0.25, 0.3) is 122 Å². The zero-order chi connectivity index (χ0) is 41.4. The van der Waals surface area contributed by atoms with Gasteiger partial charge in [-0.25, -0.2) is 9.97 Å². The molecule has 0 radical (unpaired) electrons. The predicted octanol–water partition coefficient (Wildman–Crippen LogP) is 15.2. The maximum absolute atomic E-state index is 6.61. The zero-order valence-corrected chi connectivity index (χ0v) is 34.0. The zero-order valence-electron chi connectivity index (χ0n) is 34.0. The molecule has 9 aromatic carbocycles. The van der Waals surface area contributed by atoms with Crippen LogP contribution in [0.15, 0.2) is 223 Å². The lowest BCUT2D eigenvalue weighted by molar-refractivity contribution is 0.669. The summed E-state index contributed by atoms with van der Waals surface area (Å²) in [6, 6.07) is 77.4. The summed E-state index contributed by atoms with van der Waals surface area (Å²) in [5, 5.41) is 6.94. The number of aromatic nitrogens is 4. The molecule has 0 aliphatic carbocycles. The van der Waals surface area contributed by atoms with E-state index in [4.69, 9.17) is 14.4 Å². The number of hydrogen-bond acceptors (Lipinski definition) is 3. The third-order valence-corrected chi connectivity index (χ3v) is 12.5. The number of rotatable bonds is 6. The van der Waals surface area contributed by atoms with E-state index in [1.165, 1.54) is 27.1 Å². The van der Waals surface area contributed by atoms with E-state index in [9.17, 15) is 0 Å². The molecule has 13 rings (SSSR count). The van der Waals surface area contributed by atoms with Gasteiger partial charge in [-0.2, -0.15) is 0 Å². The van der Waals surface area contributed by atoms with E-state index in [0.717, 1.165) is 89.0 Å². The maximum atomic E-state index is 6.61. The molecule has 63 heavy (non-hydrogen) atoms. The fraction of sp³-hybridized carbons (Fsp3) is 0. The topological polar surface area (TPSA) is 48.8 Å². The van der Waals surface area contributed by atoms with Crippen LogP contribution in [0.1, 0.15) is 0 Å². The van der Waals surface area contributed by atoms with E-state index in [1.54, 1.807) is 0 Å². The van der Waals surface area contributed by atoms with Crippen LogP contribution in [0.2, 0.25) is 0 Å². The maximum Gasteiger partial charge on any atom is 0.164 e. The van der Waals surface area contributed by atoms with Gasteiger partial charge in [-0.05, 0) is 71.8 Å². The Balaban J connectivity index is 1.10. The summed E-state index contributed by atoms with van der Waals surface area (Å²) < 4.78 is 11.4. The Hall–Kier alpha value is -8.54. The third-order valence-electron chi connectivity index (χ3n) is 12.5. The number of furan rings is 1. The number of hydrogen-bond donors (Lipinski definition) is 0. The van der Waals surface area contributed by atoms with Crippen molar-refractivity contribution in [1.82, 2.24) is 19.1 Å². The largest absolute Gasteiger partial charge is 0.455 e. The molecule has 0 unspecified atom stereocenters. The molecular formula is C58H36N4O.